The van der Waals surface area contributed by atoms with Crippen molar-refractivity contribution in [1.29, 1.82) is 0 Å². The van der Waals surface area contributed by atoms with Gasteiger partial charge in [0.25, 0.3) is 5.91 Å². The molecule has 1 aromatic rings. The number of benzene rings is 1. The predicted octanol–water partition coefficient (Wildman–Crippen LogP) is 3.15. The molecule has 1 aromatic carbocycles. The number of rotatable bonds is 6. The summed E-state index contributed by atoms with van der Waals surface area (Å²) in [7, 11) is 1.56. The minimum Gasteiger partial charge on any atom is -0.497 e. The molecule has 0 aliphatic heterocycles. The summed E-state index contributed by atoms with van der Waals surface area (Å²) in [4.78, 5) is 23.9. The Morgan fingerprint density at radius 3 is 2.73 bits per heavy atom. The Morgan fingerprint density at radius 2 is 2.05 bits per heavy atom. The summed E-state index contributed by atoms with van der Waals surface area (Å²) >= 11 is 0. The minimum atomic E-state index is -0.805. The topological polar surface area (TPSA) is 64.6 Å². The zero-order valence-electron chi connectivity index (χ0n) is 13.1. The summed E-state index contributed by atoms with van der Waals surface area (Å²) < 4.78 is 10.3. The van der Waals surface area contributed by atoms with E-state index in [9.17, 15) is 9.59 Å². The lowest BCUT2D eigenvalue weighted by Crippen LogP contribution is -2.30. The highest BCUT2D eigenvalue weighted by Gasteiger charge is 2.23. The molecule has 1 N–H and O–H groups in total. The Morgan fingerprint density at radius 1 is 1.32 bits per heavy atom. The van der Waals surface area contributed by atoms with Crippen molar-refractivity contribution >= 4 is 17.6 Å². The molecule has 0 bridgehead atoms. The molecule has 5 heteroatoms. The molecule has 0 spiro atoms. The lowest BCUT2D eigenvalue weighted by atomic mass is 10.0. The number of carbonyl (C=O) groups excluding carboxylic acids is 2. The van der Waals surface area contributed by atoms with Crippen molar-refractivity contribution in [3.8, 4) is 5.75 Å². The van der Waals surface area contributed by atoms with Gasteiger partial charge in [-0.1, -0.05) is 18.9 Å². The largest absolute Gasteiger partial charge is 0.497 e. The predicted molar refractivity (Wildman–Crippen MR) is 83.8 cm³/mol. The summed E-state index contributed by atoms with van der Waals surface area (Å²) in [5, 5.41) is 2.72. The van der Waals surface area contributed by atoms with Crippen molar-refractivity contribution in [1.82, 2.24) is 0 Å². The van der Waals surface area contributed by atoms with Crippen LogP contribution in [-0.2, 0) is 14.3 Å². The molecule has 0 radical (unpaired) electrons. The number of esters is 1. The average molecular weight is 305 g/mol. The summed E-state index contributed by atoms with van der Waals surface area (Å²) in [5.74, 6) is 0.443. The van der Waals surface area contributed by atoms with Crippen LogP contribution in [0.5, 0.6) is 5.75 Å². The van der Waals surface area contributed by atoms with Gasteiger partial charge in [-0.2, -0.15) is 0 Å². The van der Waals surface area contributed by atoms with Crippen LogP contribution >= 0.6 is 0 Å². The number of anilines is 1. The molecule has 1 atom stereocenters. The smallest absolute Gasteiger partial charge is 0.306 e. The third-order valence-electron chi connectivity index (χ3n) is 3.94. The monoisotopic (exact) mass is 305 g/mol. The number of hydrogen-bond donors (Lipinski definition) is 1. The molecule has 0 aromatic heterocycles. The molecule has 120 valence electrons. The van der Waals surface area contributed by atoms with E-state index in [1.807, 2.05) is 0 Å². The van der Waals surface area contributed by atoms with Crippen LogP contribution < -0.4 is 10.1 Å². The maximum absolute atomic E-state index is 12.1. The van der Waals surface area contributed by atoms with Gasteiger partial charge in [-0.15, -0.1) is 0 Å². The normalized spacial score (nSPS) is 16.1. The third-order valence-corrected chi connectivity index (χ3v) is 3.94. The van der Waals surface area contributed by atoms with Gasteiger partial charge in [0.1, 0.15) is 5.75 Å². The van der Waals surface area contributed by atoms with E-state index in [1.54, 1.807) is 38.3 Å². The van der Waals surface area contributed by atoms with E-state index in [4.69, 9.17) is 9.47 Å². The van der Waals surface area contributed by atoms with Gasteiger partial charge in [-0.3, -0.25) is 9.59 Å². The molecule has 1 fully saturated rings. The second-order valence-corrected chi connectivity index (χ2v) is 5.71. The van der Waals surface area contributed by atoms with E-state index >= 15 is 0 Å². The van der Waals surface area contributed by atoms with Crippen molar-refractivity contribution in [2.24, 2.45) is 5.92 Å². The number of hydrogen-bond acceptors (Lipinski definition) is 4. The van der Waals surface area contributed by atoms with E-state index in [-0.39, 0.29) is 11.9 Å². The number of ether oxygens (including phenoxy) is 2. The van der Waals surface area contributed by atoms with E-state index < -0.39 is 6.10 Å². The molecule has 2 rings (SSSR count). The second-order valence-electron chi connectivity index (χ2n) is 5.71. The summed E-state index contributed by atoms with van der Waals surface area (Å²) in [6.45, 7) is 1.59. The van der Waals surface area contributed by atoms with Crippen LogP contribution in [0.4, 0.5) is 5.69 Å². The average Bonchev–Trinajstić information content (AvgIpc) is 3.00. The molecule has 1 amide bonds. The summed E-state index contributed by atoms with van der Waals surface area (Å²) in [6, 6.07) is 7.05. The van der Waals surface area contributed by atoms with Gasteiger partial charge in [0.2, 0.25) is 0 Å². The maximum Gasteiger partial charge on any atom is 0.306 e. The molecular weight excluding hydrogens is 282 g/mol. The third kappa shape index (κ3) is 4.76. The molecule has 5 nitrogen and oxygen atoms in total. The number of nitrogens with one attached hydrogen (secondary N) is 1. The van der Waals surface area contributed by atoms with E-state index in [0.29, 0.717) is 23.8 Å². The van der Waals surface area contributed by atoms with Gasteiger partial charge in [0, 0.05) is 18.2 Å². The Kier molecular flexibility index (Phi) is 5.81. The summed E-state index contributed by atoms with van der Waals surface area (Å²) in [6.07, 6.45) is 4.14. The van der Waals surface area contributed by atoms with Crippen LogP contribution in [0, 0.1) is 5.92 Å². The first kappa shape index (κ1) is 16.3. The fraction of sp³-hybridized carbons (Fsp3) is 0.529. The van der Waals surface area contributed by atoms with Gasteiger partial charge in [-0.05, 0) is 37.8 Å². The Labute approximate surface area is 131 Å². The first-order valence-corrected chi connectivity index (χ1v) is 7.73. The van der Waals surface area contributed by atoms with Gasteiger partial charge < -0.3 is 14.8 Å². The maximum atomic E-state index is 12.1. The van der Waals surface area contributed by atoms with Crippen molar-refractivity contribution in [2.45, 2.75) is 45.1 Å². The zero-order chi connectivity index (χ0) is 15.9. The van der Waals surface area contributed by atoms with Crippen LogP contribution in [-0.4, -0.2) is 25.1 Å². The molecule has 22 heavy (non-hydrogen) atoms. The fourth-order valence-electron chi connectivity index (χ4n) is 2.69. The van der Waals surface area contributed by atoms with Crippen LogP contribution in [0.15, 0.2) is 24.3 Å². The van der Waals surface area contributed by atoms with Crippen molar-refractivity contribution < 1.29 is 19.1 Å². The van der Waals surface area contributed by atoms with Gasteiger partial charge in [-0.25, -0.2) is 0 Å². The number of amides is 1. The van der Waals surface area contributed by atoms with Gasteiger partial charge in [0.15, 0.2) is 6.10 Å². The first-order chi connectivity index (χ1) is 10.6. The van der Waals surface area contributed by atoms with E-state index in [2.05, 4.69) is 5.32 Å². The molecular formula is C17H23NO4. The Balaban J connectivity index is 1.81. The zero-order valence-corrected chi connectivity index (χ0v) is 13.1. The second kappa shape index (κ2) is 7.82. The highest BCUT2D eigenvalue weighted by Crippen LogP contribution is 2.27. The lowest BCUT2D eigenvalue weighted by Gasteiger charge is -2.15. The fourth-order valence-corrected chi connectivity index (χ4v) is 2.69. The standard InChI is InChI=1S/C17H23NO4/c1-12(22-16(19)10-13-6-3-4-7-13)17(20)18-14-8-5-9-15(11-14)21-2/h5,8-9,11-13H,3-4,6-7,10H2,1-2H3,(H,18,20). The van der Waals surface area contributed by atoms with Crippen molar-refractivity contribution in [3.05, 3.63) is 24.3 Å². The van der Waals surface area contributed by atoms with E-state index in [0.717, 1.165) is 12.8 Å². The van der Waals surface area contributed by atoms with Gasteiger partial charge in [0.05, 0.1) is 7.11 Å². The number of methoxy groups -OCH3 is 1. The SMILES string of the molecule is COc1cccc(NC(=O)C(C)OC(=O)CC2CCCC2)c1. The van der Waals surface area contributed by atoms with Crippen LogP contribution in [0.25, 0.3) is 0 Å². The van der Waals surface area contributed by atoms with Crippen molar-refractivity contribution in [2.75, 3.05) is 12.4 Å². The Bertz CT molecular complexity index is 523. The van der Waals surface area contributed by atoms with E-state index in [1.165, 1.54) is 12.8 Å². The highest BCUT2D eigenvalue weighted by molar-refractivity contribution is 5.95. The molecule has 1 saturated carbocycles. The lowest BCUT2D eigenvalue weighted by molar-refractivity contribution is -0.154. The molecule has 1 aliphatic carbocycles. The Hall–Kier alpha value is -2.04. The van der Waals surface area contributed by atoms with Crippen LogP contribution in [0.1, 0.15) is 39.0 Å². The van der Waals surface area contributed by atoms with Gasteiger partial charge >= 0.3 is 5.97 Å². The molecule has 0 saturated heterocycles. The summed E-state index contributed by atoms with van der Waals surface area (Å²) in [5.41, 5.74) is 0.614. The number of carbonyl (C=O) groups is 2. The quantitative estimate of drug-likeness (QED) is 0.820. The van der Waals surface area contributed by atoms with Crippen LogP contribution in [0.2, 0.25) is 0 Å². The first-order valence-electron chi connectivity index (χ1n) is 7.73. The van der Waals surface area contributed by atoms with Crippen LogP contribution in [0.3, 0.4) is 0 Å². The molecule has 1 aliphatic rings. The molecule has 1 unspecified atom stereocenters. The highest BCUT2D eigenvalue weighted by atomic mass is 16.5. The van der Waals surface area contributed by atoms with Crippen molar-refractivity contribution in [3.63, 3.8) is 0 Å². The minimum absolute atomic E-state index is 0.291. The molecule has 0 heterocycles.